The monoisotopic (exact) mass is 281 g/mol. The van der Waals surface area contributed by atoms with Crippen molar-refractivity contribution in [2.24, 2.45) is 4.99 Å². The van der Waals surface area contributed by atoms with Crippen molar-refractivity contribution in [2.45, 2.75) is 19.8 Å². The minimum Gasteiger partial charge on any atom is -0.496 e. The summed E-state index contributed by atoms with van der Waals surface area (Å²) in [6.45, 7) is 2.00. The number of para-hydroxylation sites is 2. The fourth-order valence-corrected chi connectivity index (χ4v) is 2.10. The number of nitrogens with zero attached hydrogens (tertiary/aromatic N) is 1. The van der Waals surface area contributed by atoms with E-state index in [1.807, 2.05) is 55.5 Å². The molecule has 0 atom stereocenters. The standard InChI is InChI=1S/C18H19NO2/c1-3-8-17(20)15-10-5-6-11-16(15)19-13-14-9-4-7-12-18(14)21-2/h4-7,9-13H,3,8H2,1-2H3. The molecule has 0 saturated carbocycles. The minimum absolute atomic E-state index is 0.130. The van der Waals surface area contributed by atoms with Gasteiger partial charge in [-0.15, -0.1) is 0 Å². The van der Waals surface area contributed by atoms with E-state index in [0.29, 0.717) is 17.7 Å². The van der Waals surface area contributed by atoms with E-state index in [-0.39, 0.29) is 5.78 Å². The fraction of sp³-hybridized carbons (Fsp3) is 0.222. The number of aliphatic imine (C=N–C) groups is 1. The number of hydrogen-bond donors (Lipinski definition) is 0. The summed E-state index contributed by atoms with van der Waals surface area (Å²) in [6, 6.07) is 15.1. The highest BCUT2D eigenvalue weighted by molar-refractivity contribution is 6.01. The van der Waals surface area contributed by atoms with Crippen LogP contribution in [0, 0.1) is 0 Å². The van der Waals surface area contributed by atoms with Gasteiger partial charge in [0, 0.05) is 23.8 Å². The Bertz CT molecular complexity index is 647. The summed E-state index contributed by atoms with van der Waals surface area (Å²) in [5.74, 6) is 0.892. The van der Waals surface area contributed by atoms with E-state index in [1.165, 1.54) is 0 Å². The van der Waals surface area contributed by atoms with E-state index >= 15 is 0 Å². The van der Waals surface area contributed by atoms with E-state index in [1.54, 1.807) is 13.3 Å². The quantitative estimate of drug-likeness (QED) is 0.580. The van der Waals surface area contributed by atoms with Crippen LogP contribution in [-0.2, 0) is 0 Å². The normalized spacial score (nSPS) is 10.8. The molecule has 0 spiro atoms. The van der Waals surface area contributed by atoms with Gasteiger partial charge in [0.15, 0.2) is 5.78 Å². The van der Waals surface area contributed by atoms with Crippen molar-refractivity contribution in [1.29, 1.82) is 0 Å². The average molecular weight is 281 g/mol. The molecule has 2 aromatic rings. The SMILES string of the molecule is CCCC(=O)c1ccccc1N=Cc1ccccc1OC. The second-order valence-electron chi connectivity index (χ2n) is 4.69. The van der Waals surface area contributed by atoms with Crippen LogP contribution in [0.1, 0.15) is 35.7 Å². The molecule has 0 aliphatic rings. The van der Waals surface area contributed by atoms with Crippen LogP contribution in [0.2, 0.25) is 0 Å². The zero-order valence-corrected chi connectivity index (χ0v) is 12.4. The van der Waals surface area contributed by atoms with Crippen LogP contribution >= 0.6 is 0 Å². The maximum atomic E-state index is 12.1. The molecule has 3 nitrogen and oxygen atoms in total. The number of hydrogen-bond acceptors (Lipinski definition) is 3. The van der Waals surface area contributed by atoms with Crippen LogP contribution in [0.4, 0.5) is 5.69 Å². The highest BCUT2D eigenvalue weighted by Crippen LogP contribution is 2.22. The molecule has 0 unspecified atom stereocenters. The molecular weight excluding hydrogens is 262 g/mol. The maximum absolute atomic E-state index is 12.1. The lowest BCUT2D eigenvalue weighted by molar-refractivity contribution is 0.0982. The number of benzene rings is 2. The second-order valence-corrected chi connectivity index (χ2v) is 4.69. The fourth-order valence-electron chi connectivity index (χ4n) is 2.10. The molecule has 0 aliphatic heterocycles. The summed E-state index contributed by atoms with van der Waals surface area (Å²) in [7, 11) is 1.63. The molecular formula is C18H19NO2. The Balaban J connectivity index is 2.31. The highest BCUT2D eigenvalue weighted by atomic mass is 16.5. The predicted octanol–water partition coefficient (Wildman–Crippen LogP) is 4.43. The largest absolute Gasteiger partial charge is 0.496 e. The lowest BCUT2D eigenvalue weighted by Crippen LogP contribution is -1.98. The van der Waals surface area contributed by atoms with Gasteiger partial charge in [-0.1, -0.05) is 31.2 Å². The second kappa shape index (κ2) is 7.39. The van der Waals surface area contributed by atoms with E-state index in [9.17, 15) is 4.79 Å². The van der Waals surface area contributed by atoms with Gasteiger partial charge < -0.3 is 4.74 Å². The van der Waals surface area contributed by atoms with Gasteiger partial charge in [-0.25, -0.2) is 0 Å². The van der Waals surface area contributed by atoms with Crippen LogP contribution in [0.5, 0.6) is 5.75 Å². The van der Waals surface area contributed by atoms with Crippen LogP contribution in [0.3, 0.4) is 0 Å². The molecule has 0 aromatic heterocycles. The van der Waals surface area contributed by atoms with E-state index in [4.69, 9.17) is 4.74 Å². The van der Waals surface area contributed by atoms with Crippen LogP contribution in [0.25, 0.3) is 0 Å². The number of carbonyl (C=O) groups excluding carboxylic acids is 1. The van der Waals surface area contributed by atoms with Crippen molar-refractivity contribution in [3.63, 3.8) is 0 Å². The lowest BCUT2D eigenvalue weighted by atomic mass is 10.1. The predicted molar refractivity (Wildman–Crippen MR) is 85.9 cm³/mol. The summed E-state index contributed by atoms with van der Waals surface area (Å²) in [5, 5.41) is 0. The molecule has 0 radical (unpaired) electrons. The third-order valence-corrected chi connectivity index (χ3v) is 3.16. The highest BCUT2D eigenvalue weighted by Gasteiger charge is 2.09. The maximum Gasteiger partial charge on any atom is 0.165 e. The van der Waals surface area contributed by atoms with Crippen molar-refractivity contribution < 1.29 is 9.53 Å². The Morgan fingerprint density at radius 1 is 1.14 bits per heavy atom. The van der Waals surface area contributed by atoms with Crippen LogP contribution < -0.4 is 4.74 Å². The first kappa shape index (κ1) is 15.0. The van der Waals surface area contributed by atoms with Gasteiger partial charge in [0.25, 0.3) is 0 Å². The van der Waals surface area contributed by atoms with Gasteiger partial charge in [0.1, 0.15) is 5.75 Å². The summed E-state index contributed by atoms with van der Waals surface area (Å²) >= 11 is 0. The molecule has 0 saturated heterocycles. The van der Waals surface area contributed by atoms with E-state index < -0.39 is 0 Å². The smallest absolute Gasteiger partial charge is 0.165 e. The van der Waals surface area contributed by atoms with Crippen molar-refractivity contribution in [3.05, 3.63) is 59.7 Å². The van der Waals surface area contributed by atoms with Crippen molar-refractivity contribution >= 4 is 17.7 Å². The van der Waals surface area contributed by atoms with Gasteiger partial charge in [-0.2, -0.15) is 0 Å². The first-order valence-electron chi connectivity index (χ1n) is 7.05. The number of rotatable bonds is 6. The van der Waals surface area contributed by atoms with Gasteiger partial charge in [0.2, 0.25) is 0 Å². The molecule has 21 heavy (non-hydrogen) atoms. The first-order chi connectivity index (χ1) is 10.3. The molecule has 0 fully saturated rings. The average Bonchev–Trinajstić information content (AvgIpc) is 2.53. The summed E-state index contributed by atoms with van der Waals surface area (Å²) < 4.78 is 5.29. The zero-order chi connectivity index (χ0) is 15.1. The van der Waals surface area contributed by atoms with Crippen LogP contribution in [0.15, 0.2) is 53.5 Å². The van der Waals surface area contributed by atoms with Crippen molar-refractivity contribution in [3.8, 4) is 5.75 Å². The number of carbonyl (C=O) groups is 1. The van der Waals surface area contributed by atoms with Gasteiger partial charge in [-0.3, -0.25) is 9.79 Å². The molecule has 0 N–H and O–H groups in total. The third-order valence-electron chi connectivity index (χ3n) is 3.16. The molecule has 0 amide bonds. The Hall–Kier alpha value is -2.42. The number of ketones is 1. The van der Waals surface area contributed by atoms with Crippen molar-refractivity contribution in [1.82, 2.24) is 0 Å². The summed E-state index contributed by atoms with van der Waals surface area (Å²) in [4.78, 5) is 16.6. The number of methoxy groups -OCH3 is 1. The molecule has 0 aliphatic carbocycles. The molecule has 2 rings (SSSR count). The zero-order valence-electron chi connectivity index (χ0n) is 12.4. The Labute approximate surface area is 125 Å². The first-order valence-corrected chi connectivity index (χ1v) is 7.05. The van der Waals surface area contributed by atoms with Gasteiger partial charge >= 0.3 is 0 Å². The topological polar surface area (TPSA) is 38.7 Å². The molecule has 2 aromatic carbocycles. The number of ether oxygens (including phenoxy) is 1. The summed E-state index contributed by atoms with van der Waals surface area (Å²) in [6.07, 6.45) is 3.11. The number of Topliss-reactive ketones (excluding diaryl/α,β-unsaturated/α-hetero) is 1. The Kier molecular flexibility index (Phi) is 5.27. The molecule has 108 valence electrons. The summed E-state index contributed by atoms with van der Waals surface area (Å²) in [5.41, 5.74) is 2.25. The van der Waals surface area contributed by atoms with E-state index in [0.717, 1.165) is 17.7 Å². The molecule has 0 heterocycles. The molecule has 0 bridgehead atoms. The third kappa shape index (κ3) is 3.78. The Morgan fingerprint density at radius 2 is 1.86 bits per heavy atom. The minimum atomic E-state index is 0.130. The lowest BCUT2D eigenvalue weighted by Gasteiger charge is -2.05. The van der Waals surface area contributed by atoms with Crippen molar-refractivity contribution in [2.75, 3.05) is 7.11 Å². The molecule has 3 heteroatoms. The Morgan fingerprint density at radius 3 is 2.62 bits per heavy atom. The van der Waals surface area contributed by atoms with Crippen LogP contribution in [-0.4, -0.2) is 19.1 Å². The van der Waals surface area contributed by atoms with Gasteiger partial charge in [-0.05, 0) is 30.7 Å². The van der Waals surface area contributed by atoms with E-state index in [2.05, 4.69) is 4.99 Å². The van der Waals surface area contributed by atoms with Gasteiger partial charge in [0.05, 0.1) is 12.8 Å².